The lowest BCUT2D eigenvalue weighted by Gasteiger charge is -2.34. The van der Waals surface area contributed by atoms with Crippen LogP contribution in [0.5, 0.6) is 0 Å². The molecular formula is C17H32N2O5. The SMILES string of the molecule is CCC(C)[C@@H](C(=O)NC(C(=O)O)C(C)C)N(C)C(=O)OC(C)(C)C. The number of nitrogens with zero attached hydrogens (tertiary/aromatic N) is 1. The summed E-state index contributed by atoms with van der Waals surface area (Å²) in [7, 11) is 1.50. The first-order valence-corrected chi connectivity index (χ1v) is 8.30. The van der Waals surface area contributed by atoms with Crippen LogP contribution in [0.1, 0.15) is 54.9 Å². The van der Waals surface area contributed by atoms with E-state index in [0.717, 1.165) is 0 Å². The average Bonchev–Trinajstić information content (AvgIpc) is 2.41. The third-order valence-corrected chi connectivity index (χ3v) is 3.78. The zero-order chi connectivity index (χ0) is 19.2. The van der Waals surface area contributed by atoms with Crippen molar-refractivity contribution < 1.29 is 24.2 Å². The van der Waals surface area contributed by atoms with Crippen molar-refractivity contribution in [3.05, 3.63) is 0 Å². The van der Waals surface area contributed by atoms with Crippen molar-refractivity contribution in [3.8, 4) is 0 Å². The van der Waals surface area contributed by atoms with Crippen LogP contribution in [-0.4, -0.2) is 52.7 Å². The van der Waals surface area contributed by atoms with Crippen molar-refractivity contribution in [2.75, 3.05) is 7.05 Å². The van der Waals surface area contributed by atoms with Crippen molar-refractivity contribution in [1.29, 1.82) is 0 Å². The molecule has 0 aliphatic heterocycles. The molecule has 140 valence electrons. The number of aliphatic carboxylic acids is 1. The van der Waals surface area contributed by atoms with E-state index in [1.165, 1.54) is 11.9 Å². The zero-order valence-electron chi connectivity index (χ0n) is 16.0. The number of likely N-dealkylation sites (N-methyl/N-ethyl adjacent to an activating group) is 1. The van der Waals surface area contributed by atoms with Crippen LogP contribution in [0.2, 0.25) is 0 Å². The van der Waals surface area contributed by atoms with Crippen LogP contribution in [0.15, 0.2) is 0 Å². The third kappa shape index (κ3) is 6.76. The number of rotatable bonds is 7. The molecule has 0 rings (SSSR count). The quantitative estimate of drug-likeness (QED) is 0.740. The van der Waals surface area contributed by atoms with Crippen LogP contribution >= 0.6 is 0 Å². The summed E-state index contributed by atoms with van der Waals surface area (Å²) >= 11 is 0. The number of carbonyl (C=O) groups is 3. The minimum atomic E-state index is -1.10. The molecule has 3 atom stereocenters. The number of carbonyl (C=O) groups excluding carboxylic acids is 2. The van der Waals surface area contributed by atoms with Gasteiger partial charge in [-0.15, -0.1) is 0 Å². The van der Waals surface area contributed by atoms with Gasteiger partial charge in [0, 0.05) is 7.05 Å². The van der Waals surface area contributed by atoms with E-state index in [9.17, 15) is 19.5 Å². The molecule has 0 heterocycles. The predicted molar refractivity (Wildman–Crippen MR) is 91.6 cm³/mol. The summed E-state index contributed by atoms with van der Waals surface area (Å²) in [6.45, 7) is 12.4. The molecule has 0 radical (unpaired) electrons. The Kier molecular flexibility index (Phi) is 8.23. The first-order valence-electron chi connectivity index (χ1n) is 8.30. The van der Waals surface area contributed by atoms with Crippen LogP contribution in [-0.2, 0) is 14.3 Å². The Hall–Kier alpha value is -1.79. The summed E-state index contributed by atoms with van der Waals surface area (Å²) in [5.74, 6) is -2.00. The summed E-state index contributed by atoms with van der Waals surface area (Å²) in [5, 5.41) is 11.8. The van der Waals surface area contributed by atoms with Crippen molar-refractivity contribution in [1.82, 2.24) is 10.2 Å². The van der Waals surface area contributed by atoms with Gasteiger partial charge in [-0.2, -0.15) is 0 Å². The molecule has 2 unspecified atom stereocenters. The van der Waals surface area contributed by atoms with Crippen molar-refractivity contribution in [2.24, 2.45) is 11.8 Å². The molecule has 0 aromatic heterocycles. The lowest BCUT2D eigenvalue weighted by Crippen LogP contribution is -2.56. The smallest absolute Gasteiger partial charge is 0.410 e. The number of nitrogens with one attached hydrogen (secondary N) is 1. The second kappa shape index (κ2) is 8.89. The second-order valence-corrected chi connectivity index (χ2v) is 7.49. The largest absolute Gasteiger partial charge is 0.480 e. The molecule has 7 heteroatoms. The maximum atomic E-state index is 12.7. The van der Waals surface area contributed by atoms with Gasteiger partial charge in [0.25, 0.3) is 0 Å². The molecule has 24 heavy (non-hydrogen) atoms. The van der Waals surface area contributed by atoms with Crippen LogP contribution < -0.4 is 5.32 Å². The van der Waals surface area contributed by atoms with Gasteiger partial charge in [0.2, 0.25) is 5.91 Å². The molecule has 0 aromatic carbocycles. The summed E-state index contributed by atoms with van der Waals surface area (Å²) < 4.78 is 5.32. The summed E-state index contributed by atoms with van der Waals surface area (Å²) in [6, 6.07) is -1.80. The van der Waals surface area contributed by atoms with E-state index < -0.39 is 35.7 Å². The maximum Gasteiger partial charge on any atom is 0.410 e. The number of carboxylic acid groups (broad SMARTS) is 1. The van der Waals surface area contributed by atoms with Gasteiger partial charge >= 0.3 is 12.1 Å². The Morgan fingerprint density at radius 3 is 2.00 bits per heavy atom. The Balaban J connectivity index is 5.35. The molecule has 0 saturated carbocycles. The van der Waals surface area contributed by atoms with E-state index in [4.69, 9.17) is 4.74 Å². The lowest BCUT2D eigenvalue weighted by molar-refractivity contribution is -0.144. The standard InChI is InChI=1S/C17H32N2O5/c1-9-11(4)13(19(8)16(23)24-17(5,6)7)14(20)18-12(10(2)3)15(21)22/h10-13H,9H2,1-8H3,(H,18,20)(H,21,22)/t11?,12?,13-/m0/s1. The van der Waals surface area contributed by atoms with E-state index in [1.54, 1.807) is 34.6 Å². The Morgan fingerprint density at radius 2 is 1.67 bits per heavy atom. The molecule has 7 nitrogen and oxygen atoms in total. The molecule has 0 aliphatic rings. The van der Waals surface area contributed by atoms with Crippen LogP contribution in [0.4, 0.5) is 4.79 Å². The molecule has 0 aromatic rings. The maximum absolute atomic E-state index is 12.7. The van der Waals surface area contributed by atoms with E-state index in [2.05, 4.69) is 5.32 Å². The highest BCUT2D eigenvalue weighted by Gasteiger charge is 2.36. The highest BCUT2D eigenvalue weighted by Crippen LogP contribution is 2.18. The van der Waals surface area contributed by atoms with E-state index in [1.807, 2.05) is 13.8 Å². The minimum absolute atomic E-state index is 0.149. The number of hydrogen-bond donors (Lipinski definition) is 2. The van der Waals surface area contributed by atoms with Crippen LogP contribution in [0.3, 0.4) is 0 Å². The highest BCUT2D eigenvalue weighted by molar-refractivity contribution is 5.89. The normalized spacial score (nSPS) is 15.4. The van der Waals surface area contributed by atoms with Gasteiger partial charge in [0.1, 0.15) is 17.7 Å². The van der Waals surface area contributed by atoms with Gasteiger partial charge < -0.3 is 15.2 Å². The van der Waals surface area contributed by atoms with Gasteiger partial charge in [-0.3, -0.25) is 9.69 Å². The molecule has 0 saturated heterocycles. The molecule has 2 N–H and O–H groups in total. The fraction of sp³-hybridized carbons (Fsp3) is 0.824. The number of ether oxygens (including phenoxy) is 1. The summed E-state index contributed by atoms with van der Waals surface area (Å²) in [6.07, 6.45) is 0.0457. The first kappa shape index (κ1) is 22.2. The molecule has 0 fully saturated rings. The summed E-state index contributed by atoms with van der Waals surface area (Å²) in [5.41, 5.74) is -0.677. The van der Waals surface area contributed by atoms with Gasteiger partial charge in [-0.1, -0.05) is 34.1 Å². The monoisotopic (exact) mass is 344 g/mol. The Bertz CT molecular complexity index is 456. The van der Waals surface area contributed by atoms with E-state index in [-0.39, 0.29) is 11.8 Å². The second-order valence-electron chi connectivity index (χ2n) is 7.49. The first-order chi connectivity index (χ1) is 10.8. The van der Waals surface area contributed by atoms with Gasteiger partial charge in [-0.25, -0.2) is 9.59 Å². The summed E-state index contributed by atoms with van der Waals surface area (Å²) in [4.78, 5) is 37.5. The predicted octanol–water partition coefficient (Wildman–Crippen LogP) is 2.49. The molecule has 0 aliphatic carbocycles. The van der Waals surface area contributed by atoms with Gasteiger partial charge in [-0.05, 0) is 32.6 Å². The number of amides is 2. The van der Waals surface area contributed by atoms with E-state index >= 15 is 0 Å². The van der Waals surface area contributed by atoms with Gasteiger partial charge in [0.15, 0.2) is 0 Å². The fourth-order valence-corrected chi connectivity index (χ4v) is 2.24. The van der Waals surface area contributed by atoms with Crippen LogP contribution in [0, 0.1) is 11.8 Å². The fourth-order valence-electron chi connectivity index (χ4n) is 2.24. The van der Waals surface area contributed by atoms with Crippen molar-refractivity contribution >= 4 is 18.0 Å². The average molecular weight is 344 g/mol. The number of carboxylic acids is 1. The van der Waals surface area contributed by atoms with Gasteiger partial charge in [0.05, 0.1) is 0 Å². The molecular weight excluding hydrogens is 312 g/mol. The minimum Gasteiger partial charge on any atom is -0.480 e. The third-order valence-electron chi connectivity index (χ3n) is 3.78. The van der Waals surface area contributed by atoms with Crippen LogP contribution in [0.25, 0.3) is 0 Å². The molecule has 2 amide bonds. The molecule has 0 spiro atoms. The lowest BCUT2D eigenvalue weighted by atomic mass is 9.96. The Labute approximate surface area is 144 Å². The topological polar surface area (TPSA) is 95.9 Å². The number of hydrogen-bond acceptors (Lipinski definition) is 4. The zero-order valence-corrected chi connectivity index (χ0v) is 16.0. The molecule has 0 bridgehead atoms. The highest BCUT2D eigenvalue weighted by atomic mass is 16.6. The Morgan fingerprint density at radius 1 is 1.17 bits per heavy atom. The van der Waals surface area contributed by atoms with Crippen molar-refractivity contribution in [2.45, 2.75) is 72.6 Å². The van der Waals surface area contributed by atoms with Crippen molar-refractivity contribution in [3.63, 3.8) is 0 Å². The van der Waals surface area contributed by atoms with E-state index in [0.29, 0.717) is 6.42 Å².